The zero-order chi connectivity index (χ0) is 20.6. The van der Waals surface area contributed by atoms with Gasteiger partial charge in [-0.15, -0.1) is 0 Å². The van der Waals surface area contributed by atoms with Gasteiger partial charge in [0.2, 0.25) is 0 Å². The van der Waals surface area contributed by atoms with Gasteiger partial charge < -0.3 is 5.11 Å². The highest BCUT2D eigenvalue weighted by atomic mass is 16.3. The molecule has 0 aliphatic heterocycles. The van der Waals surface area contributed by atoms with Gasteiger partial charge in [-0.05, 0) is 23.3 Å². The molecule has 3 aromatic rings. The van der Waals surface area contributed by atoms with E-state index in [0.717, 1.165) is 21.7 Å². The molecule has 0 saturated carbocycles. The van der Waals surface area contributed by atoms with Gasteiger partial charge in [0.25, 0.3) is 0 Å². The second kappa shape index (κ2) is 7.32. The summed E-state index contributed by atoms with van der Waals surface area (Å²) in [4.78, 5) is 17.4. The van der Waals surface area contributed by atoms with Crippen molar-refractivity contribution in [3.63, 3.8) is 0 Å². The number of nitrogens with one attached hydrogen (secondary N) is 1. The summed E-state index contributed by atoms with van der Waals surface area (Å²) in [5, 5.41) is 18.2. The number of ketones is 1. The molecule has 0 spiro atoms. The number of allylic oxidation sites excluding steroid dienone is 2. The average molecular weight is 387 g/mol. The minimum absolute atomic E-state index is 0.0579. The summed E-state index contributed by atoms with van der Waals surface area (Å²) in [6, 6.07) is 16.0. The number of rotatable bonds is 4. The Balaban J connectivity index is 1.78. The summed E-state index contributed by atoms with van der Waals surface area (Å²) >= 11 is 0. The lowest BCUT2D eigenvalue weighted by Gasteiger charge is -2.29. The van der Waals surface area contributed by atoms with Crippen molar-refractivity contribution in [2.75, 3.05) is 5.43 Å². The van der Waals surface area contributed by atoms with Crippen LogP contribution in [0.1, 0.15) is 40.0 Å². The van der Waals surface area contributed by atoms with Gasteiger partial charge >= 0.3 is 0 Å². The Hall–Kier alpha value is -3.21. The van der Waals surface area contributed by atoms with Crippen molar-refractivity contribution in [1.29, 1.82) is 0 Å². The van der Waals surface area contributed by atoms with E-state index in [2.05, 4.69) is 22.7 Å². The quantitative estimate of drug-likeness (QED) is 0.339. The molecule has 0 saturated heterocycles. The minimum Gasteiger partial charge on any atom is -0.511 e. The fraction of sp³-hybridized carbons (Fsp3) is 0.292. The van der Waals surface area contributed by atoms with Crippen LogP contribution in [0.2, 0.25) is 0 Å². The molecular formula is C24H25N3O2. The van der Waals surface area contributed by atoms with Crippen LogP contribution >= 0.6 is 0 Å². The van der Waals surface area contributed by atoms with Crippen LogP contribution < -0.4 is 5.43 Å². The highest BCUT2D eigenvalue weighted by molar-refractivity contribution is 6.23. The summed E-state index contributed by atoms with van der Waals surface area (Å²) in [6.07, 6.45) is 1.41. The van der Waals surface area contributed by atoms with Crippen LogP contribution in [-0.4, -0.2) is 21.6 Å². The molecule has 2 aromatic carbocycles. The third kappa shape index (κ3) is 3.60. The number of hydrogen-bond acceptors (Lipinski definition) is 5. The maximum absolute atomic E-state index is 12.7. The van der Waals surface area contributed by atoms with E-state index in [9.17, 15) is 9.90 Å². The number of hydrazone groups is 1. The number of pyridine rings is 1. The molecule has 5 heteroatoms. The maximum Gasteiger partial charge on any atom is 0.168 e. The van der Waals surface area contributed by atoms with Crippen molar-refractivity contribution in [3.05, 3.63) is 59.9 Å². The Morgan fingerprint density at radius 3 is 2.41 bits per heavy atom. The predicted molar refractivity (Wildman–Crippen MR) is 118 cm³/mol. The maximum atomic E-state index is 12.7. The lowest BCUT2D eigenvalue weighted by molar-refractivity contribution is -0.117. The number of aliphatic hydroxyl groups excluding tert-OH is 1. The summed E-state index contributed by atoms with van der Waals surface area (Å²) in [5.41, 5.74) is 4.62. The number of carbonyl (C=O) groups excluding carboxylic acids is 1. The number of nitrogens with zero attached hydrogens (tertiary/aromatic N) is 2. The van der Waals surface area contributed by atoms with Crippen LogP contribution in [-0.2, 0) is 4.79 Å². The third-order valence-electron chi connectivity index (χ3n) is 5.38. The van der Waals surface area contributed by atoms with E-state index < -0.39 is 0 Å². The highest BCUT2D eigenvalue weighted by Crippen LogP contribution is 2.36. The first-order chi connectivity index (χ1) is 13.9. The van der Waals surface area contributed by atoms with Crippen molar-refractivity contribution in [2.24, 2.45) is 10.5 Å². The second-order valence-corrected chi connectivity index (χ2v) is 8.31. The summed E-state index contributed by atoms with van der Waals surface area (Å²) in [6.45, 7) is 5.91. The molecule has 0 bridgehead atoms. The fourth-order valence-electron chi connectivity index (χ4n) is 4.04. The Bertz CT molecular complexity index is 1180. The van der Waals surface area contributed by atoms with E-state index in [4.69, 9.17) is 4.98 Å². The largest absolute Gasteiger partial charge is 0.511 e. The molecule has 29 heavy (non-hydrogen) atoms. The Kier molecular flexibility index (Phi) is 4.82. The zero-order valence-electron chi connectivity index (χ0n) is 17.0. The number of aromatic nitrogens is 1. The van der Waals surface area contributed by atoms with E-state index in [0.29, 0.717) is 36.4 Å². The van der Waals surface area contributed by atoms with Gasteiger partial charge in [-0.25, -0.2) is 4.98 Å². The molecule has 0 unspecified atom stereocenters. The number of aliphatic hydroxyl groups is 1. The molecule has 4 rings (SSSR count). The van der Waals surface area contributed by atoms with Gasteiger partial charge in [0, 0.05) is 23.6 Å². The monoisotopic (exact) mass is 387 g/mol. The zero-order valence-corrected chi connectivity index (χ0v) is 17.0. The normalized spacial score (nSPS) is 17.2. The fourth-order valence-corrected chi connectivity index (χ4v) is 4.04. The van der Waals surface area contributed by atoms with Crippen molar-refractivity contribution >= 4 is 39.0 Å². The molecule has 148 valence electrons. The minimum atomic E-state index is -0.229. The van der Waals surface area contributed by atoms with Gasteiger partial charge in [0.1, 0.15) is 5.76 Å². The van der Waals surface area contributed by atoms with E-state index in [1.807, 2.05) is 57.2 Å². The van der Waals surface area contributed by atoms with Gasteiger partial charge in [0.15, 0.2) is 11.6 Å². The van der Waals surface area contributed by atoms with Crippen molar-refractivity contribution < 1.29 is 9.90 Å². The van der Waals surface area contributed by atoms with Gasteiger partial charge in [0.05, 0.1) is 16.8 Å². The highest BCUT2D eigenvalue weighted by Gasteiger charge is 2.34. The number of Topliss-reactive ketones (excluding diaryl/α,β-unsaturated/α-hetero) is 1. The number of benzene rings is 2. The van der Waals surface area contributed by atoms with Gasteiger partial charge in [-0.2, -0.15) is 5.10 Å². The predicted octanol–water partition coefficient (Wildman–Crippen LogP) is 5.77. The van der Waals surface area contributed by atoms with Crippen LogP contribution in [0.4, 0.5) is 5.82 Å². The van der Waals surface area contributed by atoms with Crippen LogP contribution in [0, 0.1) is 5.41 Å². The van der Waals surface area contributed by atoms with Gasteiger partial charge in [-0.3, -0.25) is 10.2 Å². The number of carbonyl (C=O) groups is 1. The molecule has 0 radical (unpaired) electrons. The van der Waals surface area contributed by atoms with Crippen LogP contribution in [0.15, 0.2) is 65.0 Å². The molecule has 1 aromatic heterocycles. The standard InChI is InChI=1S/C24H25N3O2/c1-4-18(22-20(28)13-24(2,3)14-21(22)29)26-27-23-17-11-6-5-9-15(17)16-10-7-8-12-19(16)25-23/h5-12,28H,4,13-14H2,1-3H3,(H,25,27)/b26-18-. The van der Waals surface area contributed by atoms with Crippen LogP contribution in [0.25, 0.3) is 21.7 Å². The molecule has 0 fully saturated rings. The molecular weight excluding hydrogens is 362 g/mol. The summed E-state index contributed by atoms with van der Waals surface area (Å²) in [7, 11) is 0. The lowest BCUT2D eigenvalue weighted by atomic mass is 9.75. The summed E-state index contributed by atoms with van der Waals surface area (Å²) in [5.74, 6) is 0.705. The SMILES string of the molecule is CC/C(=N/Nc1nc2ccccc2c2ccccc12)C1=C(O)CC(C)(C)CC1=O. The summed E-state index contributed by atoms with van der Waals surface area (Å²) < 4.78 is 0. The van der Waals surface area contributed by atoms with E-state index in [-0.39, 0.29) is 17.0 Å². The molecule has 5 nitrogen and oxygen atoms in total. The first kappa shape index (κ1) is 19.1. The lowest BCUT2D eigenvalue weighted by Crippen LogP contribution is -2.29. The van der Waals surface area contributed by atoms with Crippen molar-refractivity contribution in [2.45, 2.75) is 40.0 Å². The molecule has 0 amide bonds. The first-order valence-corrected chi connectivity index (χ1v) is 9.95. The van der Waals surface area contributed by atoms with E-state index >= 15 is 0 Å². The molecule has 2 N–H and O–H groups in total. The molecule has 1 heterocycles. The first-order valence-electron chi connectivity index (χ1n) is 9.95. The Morgan fingerprint density at radius 1 is 1.07 bits per heavy atom. The topological polar surface area (TPSA) is 74.6 Å². The number of para-hydroxylation sites is 1. The van der Waals surface area contributed by atoms with E-state index in [1.165, 1.54) is 0 Å². The van der Waals surface area contributed by atoms with Gasteiger partial charge in [-0.1, -0.05) is 63.2 Å². The average Bonchev–Trinajstić information content (AvgIpc) is 2.69. The third-order valence-corrected chi connectivity index (χ3v) is 5.38. The smallest absolute Gasteiger partial charge is 0.168 e. The Labute approximate surface area is 170 Å². The molecule has 1 aliphatic carbocycles. The number of anilines is 1. The van der Waals surface area contributed by atoms with Crippen molar-refractivity contribution in [1.82, 2.24) is 4.98 Å². The number of hydrogen-bond donors (Lipinski definition) is 2. The Morgan fingerprint density at radius 2 is 1.72 bits per heavy atom. The van der Waals surface area contributed by atoms with Crippen LogP contribution in [0.3, 0.4) is 0 Å². The molecule has 0 atom stereocenters. The van der Waals surface area contributed by atoms with Crippen LogP contribution in [0.5, 0.6) is 0 Å². The van der Waals surface area contributed by atoms with Crippen molar-refractivity contribution in [3.8, 4) is 0 Å². The van der Waals surface area contributed by atoms with E-state index in [1.54, 1.807) is 0 Å². The molecule has 1 aliphatic rings. The number of fused-ring (bicyclic) bond motifs is 3. The second-order valence-electron chi connectivity index (χ2n) is 8.31.